The fraction of sp³-hybridized carbons (Fsp3) is 0.794. The van der Waals surface area contributed by atoms with Gasteiger partial charge in [0.25, 0.3) is 5.91 Å². The van der Waals surface area contributed by atoms with Crippen LogP contribution < -0.4 is 16.0 Å². The number of carbonyl (C=O) groups excluding carboxylic acids is 5. The van der Waals surface area contributed by atoms with Gasteiger partial charge in [-0.3, -0.25) is 19.2 Å². The molecule has 3 N–H and O–H groups in total. The molecule has 5 atom stereocenters. The lowest BCUT2D eigenvalue weighted by molar-refractivity contribution is -0.145. The summed E-state index contributed by atoms with van der Waals surface area (Å²) < 4.78 is 29.4. The summed E-state index contributed by atoms with van der Waals surface area (Å²) in [6.45, 7) is 17.8. The van der Waals surface area contributed by atoms with Crippen LogP contribution in [-0.4, -0.2) is 90.2 Å². The van der Waals surface area contributed by atoms with Crippen molar-refractivity contribution in [2.24, 2.45) is 23.2 Å². The van der Waals surface area contributed by atoms with E-state index in [0.717, 1.165) is 32.1 Å². The summed E-state index contributed by atoms with van der Waals surface area (Å²) in [5, 5.41) is 7.97. The standard InChI is InChI=1S/C34H56N4O8S/c1-10-11-17-23(27(39)29(41)35-18-19-47(44,45)33(5,6)7)36-28(40)26-24-22(34(24,8)9)20-38(26)30(42)25(21-15-13-12-14-16-21)37-31(43)46-32(2,3)4/h10,21-26H,1,11-20H2,2-9H3,(H,35,41)(H,36,40)(H,37,43)/t22-,23-,24-,25-,26-/m0/s1. The van der Waals surface area contributed by atoms with Crippen LogP contribution in [0.15, 0.2) is 12.7 Å². The highest BCUT2D eigenvalue weighted by atomic mass is 32.2. The smallest absolute Gasteiger partial charge is 0.408 e. The minimum Gasteiger partial charge on any atom is -0.444 e. The third kappa shape index (κ3) is 9.35. The monoisotopic (exact) mass is 680 g/mol. The lowest BCUT2D eigenvalue weighted by Crippen LogP contribution is -2.60. The van der Waals surface area contributed by atoms with E-state index in [1.54, 1.807) is 52.5 Å². The average Bonchev–Trinajstić information content (AvgIpc) is 3.27. The van der Waals surface area contributed by atoms with Crippen LogP contribution >= 0.6 is 0 Å². The van der Waals surface area contributed by atoms with Crippen molar-refractivity contribution < 1.29 is 37.1 Å². The molecule has 4 amide bonds. The second-order valence-corrected chi connectivity index (χ2v) is 18.8. The molecule has 47 heavy (non-hydrogen) atoms. The molecule has 13 heteroatoms. The van der Waals surface area contributed by atoms with Gasteiger partial charge < -0.3 is 25.6 Å². The van der Waals surface area contributed by atoms with Gasteiger partial charge in [0, 0.05) is 13.1 Å². The first-order valence-electron chi connectivity index (χ1n) is 16.9. The fourth-order valence-corrected chi connectivity index (χ4v) is 7.92. The highest BCUT2D eigenvalue weighted by Gasteiger charge is 2.69. The maximum atomic E-state index is 14.3. The molecule has 266 valence electrons. The summed E-state index contributed by atoms with van der Waals surface area (Å²) in [6.07, 6.45) is 5.76. The van der Waals surface area contributed by atoms with Crippen LogP contribution in [0, 0.1) is 23.2 Å². The van der Waals surface area contributed by atoms with Crippen molar-refractivity contribution >= 4 is 39.4 Å². The molecule has 0 unspecified atom stereocenters. The van der Waals surface area contributed by atoms with Gasteiger partial charge >= 0.3 is 6.09 Å². The SMILES string of the molecule is C=CCC[C@H](NC(=O)[C@@H]1[C@@H]2[C@H](CN1C(=O)[C@@H](NC(=O)OC(C)(C)C)C1CCCCC1)C2(C)C)C(=O)C(=O)NCCS(=O)(=O)C(C)(C)C. The molecule has 1 aliphatic heterocycles. The van der Waals surface area contributed by atoms with E-state index in [2.05, 4.69) is 22.5 Å². The molecule has 0 aromatic rings. The van der Waals surface area contributed by atoms with E-state index < -0.39 is 62.0 Å². The Labute approximate surface area is 280 Å². The Kier molecular flexibility index (Phi) is 12.0. The summed E-state index contributed by atoms with van der Waals surface area (Å²) in [6, 6.07) is -2.96. The van der Waals surface area contributed by atoms with Crippen LogP contribution in [0.1, 0.15) is 100 Å². The van der Waals surface area contributed by atoms with Crippen molar-refractivity contribution in [2.45, 2.75) is 129 Å². The van der Waals surface area contributed by atoms with E-state index in [0.29, 0.717) is 13.0 Å². The van der Waals surface area contributed by atoms with Crippen molar-refractivity contribution in [3.63, 3.8) is 0 Å². The number of amides is 4. The van der Waals surface area contributed by atoms with E-state index in [4.69, 9.17) is 4.74 Å². The molecule has 2 aliphatic carbocycles. The Balaban J connectivity index is 1.80. The Hall–Kier alpha value is -2.96. The summed E-state index contributed by atoms with van der Waals surface area (Å²) >= 11 is 0. The number of nitrogens with zero attached hydrogens (tertiary/aromatic N) is 1. The molecule has 3 rings (SSSR count). The van der Waals surface area contributed by atoms with Gasteiger partial charge in [-0.2, -0.15) is 0 Å². The Bertz CT molecular complexity index is 1320. The normalized spacial score (nSPS) is 23.9. The number of allylic oxidation sites excluding steroid dienone is 1. The molecule has 0 aromatic carbocycles. The highest BCUT2D eigenvalue weighted by molar-refractivity contribution is 7.92. The summed E-state index contributed by atoms with van der Waals surface area (Å²) in [5.41, 5.74) is -0.972. The van der Waals surface area contributed by atoms with E-state index in [1.807, 2.05) is 13.8 Å². The second kappa shape index (κ2) is 14.7. The first-order valence-corrected chi connectivity index (χ1v) is 18.5. The molecule has 0 aromatic heterocycles. The fourth-order valence-electron chi connectivity index (χ4n) is 6.94. The van der Waals surface area contributed by atoms with Crippen LogP contribution in [0.5, 0.6) is 0 Å². The lowest BCUT2D eigenvalue weighted by atomic mass is 9.83. The third-order valence-electron chi connectivity index (χ3n) is 9.93. The molecule has 0 bridgehead atoms. The zero-order valence-electron chi connectivity index (χ0n) is 29.4. The van der Waals surface area contributed by atoms with Gasteiger partial charge in [0.1, 0.15) is 17.7 Å². The van der Waals surface area contributed by atoms with Crippen molar-refractivity contribution in [3.8, 4) is 0 Å². The summed E-state index contributed by atoms with van der Waals surface area (Å²) in [7, 11) is -3.52. The van der Waals surface area contributed by atoms with Crippen LogP contribution in [0.3, 0.4) is 0 Å². The number of sulfone groups is 1. The molecular weight excluding hydrogens is 624 g/mol. The average molecular weight is 681 g/mol. The minimum atomic E-state index is -3.52. The number of hydrogen-bond donors (Lipinski definition) is 3. The number of piperidine rings is 1. The topological polar surface area (TPSA) is 168 Å². The molecule has 1 saturated heterocycles. The van der Waals surface area contributed by atoms with Crippen molar-refractivity contribution in [2.75, 3.05) is 18.8 Å². The number of carbonyl (C=O) groups is 5. The van der Waals surface area contributed by atoms with Crippen LogP contribution in [0.25, 0.3) is 0 Å². The number of alkyl carbamates (subject to hydrolysis) is 1. The third-order valence-corrected chi connectivity index (χ3v) is 12.5. The molecule has 0 spiro atoms. The van der Waals surface area contributed by atoms with E-state index >= 15 is 0 Å². The lowest BCUT2D eigenvalue weighted by Gasteiger charge is -2.37. The van der Waals surface area contributed by atoms with E-state index in [9.17, 15) is 32.4 Å². The maximum Gasteiger partial charge on any atom is 0.408 e. The zero-order chi connectivity index (χ0) is 35.5. The summed E-state index contributed by atoms with van der Waals surface area (Å²) in [4.78, 5) is 68.9. The van der Waals surface area contributed by atoms with E-state index in [-0.39, 0.29) is 47.8 Å². The van der Waals surface area contributed by atoms with Gasteiger partial charge in [-0.15, -0.1) is 6.58 Å². The highest BCUT2D eigenvalue weighted by Crippen LogP contribution is 2.65. The second-order valence-electron chi connectivity index (χ2n) is 15.9. The van der Waals surface area contributed by atoms with Gasteiger partial charge in [-0.05, 0) is 90.4 Å². The number of ketones is 1. The minimum absolute atomic E-state index is 0.0612. The zero-order valence-corrected chi connectivity index (χ0v) is 30.3. The van der Waals surface area contributed by atoms with Crippen LogP contribution in [0.4, 0.5) is 4.79 Å². The largest absolute Gasteiger partial charge is 0.444 e. The number of nitrogens with one attached hydrogen (secondary N) is 3. The van der Waals surface area contributed by atoms with Gasteiger partial charge in [0.15, 0.2) is 9.84 Å². The number of rotatable bonds is 13. The molecule has 2 saturated carbocycles. The summed E-state index contributed by atoms with van der Waals surface area (Å²) in [5.74, 6) is -3.33. The van der Waals surface area contributed by atoms with Crippen molar-refractivity contribution in [1.29, 1.82) is 0 Å². The quantitative estimate of drug-likeness (QED) is 0.197. The molecule has 3 fully saturated rings. The Morgan fingerprint density at radius 3 is 2.17 bits per heavy atom. The molecule has 12 nitrogen and oxygen atoms in total. The van der Waals surface area contributed by atoms with E-state index in [1.165, 1.54) is 0 Å². The van der Waals surface area contributed by atoms with Crippen LogP contribution in [0.2, 0.25) is 0 Å². The number of fused-ring (bicyclic) bond motifs is 1. The molecule has 0 radical (unpaired) electrons. The van der Waals surface area contributed by atoms with Gasteiger partial charge in [-0.25, -0.2) is 13.2 Å². The number of Topliss-reactive ketones (excluding diaryl/α,β-unsaturated/α-hetero) is 1. The van der Waals surface area contributed by atoms with Gasteiger partial charge in [0.2, 0.25) is 17.6 Å². The number of ether oxygens (including phenoxy) is 1. The predicted octanol–water partition coefficient (Wildman–Crippen LogP) is 3.29. The van der Waals surface area contributed by atoms with Gasteiger partial charge in [-0.1, -0.05) is 39.2 Å². The molecular formula is C34H56N4O8S. The molecule has 3 aliphatic rings. The van der Waals surface area contributed by atoms with Gasteiger partial charge in [0.05, 0.1) is 16.5 Å². The Morgan fingerprint density at radius 1 is 1.00 bits per heavy atom. The number of likely N-dealkylation sites (tertiary alicyclic amines) is 1. The maximum absolute atomic E-state index is 14.3. The molecule has 1 heterocycles. The van der Waals surface area contributed by atoms with Crippen molar-refractivity contribution in [3.05, 3.63) is 12.7 Å². The number of hydrogen-bond acceptors (Lipinski definition) is 8. The Morgan fingerprint density at radius 2 is 1.62 bits per heavy atom. The van der Waals surface area contributed by atoms with Crippen LogP contribution in [-0.2, 0) is 33.8 Å². The van der Waals surface area contributed by atoms with Crippen molar-refractivity contribution in [1.82, 2.24) is 20.9 Å². The predicted molar refractivity (Wildman–Crippen MR) is 179 cm³/mol. The first-order chi connectivity index (χ1) is 21.6. The first kappa shape index (κ1) is 38.5.